The molecule has 3 heterocycles. The maximum atomic E-state index is 13.6. The largest absolute Gasteiger partial charge is 0.486 e. The molecule has 8 nitrogen and oxygen atoms in total. The Morgan fingerprint density at radius 3 is 2.71 bits per heavy atom. The van der Waals surface area contributed by atoms with E-state index in [2.05, 4.69) is 11.4 Å². The Kier molecular flexibility index (Phi) is 5.13. The van der Waals surface area contributed by atoms with Crippen LogP contribution in [0.15, 0.2) is 66.7 Å². The summed E-state index contributed by atoms with van der Waals surface area (Å²) in [7, 11) is 0. The number of nitrogens with one attached hydrogen (secondary N) is 1. The van der Waals surface area contributed by atoms with Crippen LogP contribution in [0.3, 0.4) is 0 Å². The molecule has 0 aliphatic carbocycles. The maximum absolute atomic E-state index is 13.6. The molecule has 1 N–H and O–H groups in total. The quantitative estimate of drug-likeness (QED) is 0.474. The van der Waals surface area contributed by atoms with Crippen LogP contribution < -0.4 is 19.7 Å². The molecule has 0 saturated heterocycles. The fourth-order valence-corrected chi connectivity index (χ4v) is 4.75. The minimum atomic E-state index is -0.681. The van der Waals surface area contributed by atoms with Crippen LogP contribution in [0.25, 0.3) is 11.0 Å². The molecule has 1 atom stereocenters. The molecule has 176 valence electrons. The van der Waals surface area contributed by atoms with Crippen molar-refractivity contribution in [2.75, 3.05) is 23.4 Å². The van der Waals surface area contributed by atoms with E-state index in [1.54, 1.807) is 23.1 Å². The first-order valence-electron chi connectivity index (χ1n) is 11.6. The molecule has 4 aromatic rings. The Balaban J connectivity index is 1.29. The van der Waals surface area contributed by atoms with Crippen LogP contribution in [0.2, 0.25) is 0 Å². The molecule has 6 rings (SSSR count). The lowest BCUT2D eigenvalue weighted by molar-refractivity contribution is -0.124. The highest BCUT2D eigenvalue weighted by Gasteiger charge is 2.40. The van der Waals surface area contributed by atoms with Crippen molar-refractivity contribution in [3.63, 3.8) is 0 Å². The Morgan fingerprint density at radius 1 is 1.03 bits per heavy atom. The fourth-order valence-electron chi connectivity index (χ4n) is 4.75. The molecule has 2 aliphatic rings. The molecule has 3 aromatic carbocycles. The van der Waals surface area contributed by atoms with E-state index in [0.717, 1.165) is 22.2 Å². The molecule has 8 heteroatoms. The number of aryl methyl sites for hydroxylation is 1. The first-order chi connectivity index (χ1) is 17.1. The number of nitrogens with zero attached hydrogens (tertiary/aromatic N) is 3. The zero-order valence-corrected chi connectivity index (χ0v) is 19.2. The van der Waals surface area contributed by atoms with Gasteiger partial charge >= 0.3 is 0 Å². The molecule has 1 unspecified atom stereocenters. The van der Waals surface area contributed by atoms with Crippen molar-refractivity contribution < 1.29 is 19.1 Å². The van der Waals surface area contributed by atoms with Gasteiger partial charge in [0, 0.05) is 11.8 Å². The molecule has 2 aliphatic heterocycles. The first-order valence-corrected chi connectivity index (χ1v) is 11.6. The number of hydrogen-bond acceptors (Lipinski definition) is 5. The summed E-state index contributed by atoms with van der Waals surface area (Å²) in [5.41, 5.74) is 4.36. The number of carbonyl (C=O) groups is 2. The molecule has 0 fully saturated rings. The average molecular weight is 469 g/mol. The lowest BCUT2D eigenvalue weighted by Crippen LogP contribution is -2.31. The number of para-hydroxylation sites is 2. The molecule has 35 heavy (non-hydrogen) atoms. The van der Waals surface area contributed by atoms with E-state index in [-0.39, 0.29) is 18.2 Å². The maximum Gasteiger partial charge on any atom is 0.253 e. The van der Waals surface area contributed by atoms with Crippen molar-refractivity contribution >= 4 is 34.5 Å². The number of aromatic nitrogens is 2. The monoisotopic (exact) mass is 468 g/mol. The summed E-state index contributed by atoms with van der Waals surface area (Å²) in [6.45, 7) is 3.39. The van der Waals surface area contributed by atoms with Crippen LogP contribution in [0, 0.1) is 6.92 Å². The third-order valence-corrected chi connectivity index (χ3v) is 6.31. The van der Waals surface area contributed by atoms with Gasteiger partial charge in [0.2, 0.25) is 11.9 Å². The third kappa shape index (κ3) is 3.86. The molecule has 0 saturated carbocycles. The van der Waals surface area contributed by atoms with Gasteiger partial charge in [0.1, 0.15) is 19.3 Å². The second-order valence-electron chi connectivity index (χ2n) is 8.81. The Bertz CT molecular complexity index is 1460. The standard InChI is InChI=1S/C27H24N4O4/c1-17-5-4-6-18(13-17)16-30-26(33)22(31-21-8-3-2-7-20(21)29-27(30)31)15-25(32)28-19-9-10-23-24(14-19)35-12-11-34-23/h2-10,13-14,22H,11-12,15-16H2,1H3,(H,28,32). The number of imidazole rings is 1. The van der Waals surface area contributed by atoms with Crippen molar-refractivity contribution in [3.8, 4) is 11.5 Å². The number of amides is 2. The number of rotatable bonds is 5. The zero-order valence-electron chi connectivity index (χ0n) is 19.2. The van der Waals surface area contributed by atoms with E-state index in [9.17, 15) is 9.59 Å². The molecular weight excluding hydrogens is 444 g/mol. The molecule has 0 radical (unpaired) electrons. The normalized spacial score (nSPS) is 16.4. The predicted molar refractivity (Wildman–Crippen MR) is 132 cm³/mol. The smallest absolute Gasteiger partial charge is 0.253 e. The SMILES string of the molecule is Cc1cccc(CN2C(=O)C(CC(=O)Nc3ccc4c(c3)OCCO4)n3c2nc2ccccc23)c1. The van der Waals surface area contributed by atoms with Crippen LogP contribution in [0.5, 0.6) is 11.5 Å². The van der Waals surface area contributed by atoms with Gasteiger partial charge in [0.05, 0.1) is 24.0 Å². The molecule has 0 spiro atoms. The minimum absolute atomic E-state index is 0.00898. The highest BCUT2D eigenvalue weighted by Crippen LogP contribution is 2.38. The highest BCUT2D eigenvalue weighted by atomic mass is 16.6. The second-order valence-corrected chi connectivity index (χ2v) is 8.81. The topological polar surface area (TPSA) is 85.7 Å². The van der Waals surface area contributed by atoms with Gasteiger partial charge in [-0.15, -0.1) is 0 Å². The highest BCUT2D eigenvalue weighted by molar-refractivity contribution is 6.05. The average Bonchev–Trinajstić information content (AvgIpc) is 3.35. The van der Waals surface area contributed by atoms with E-state index in [4.69, 9.17) is 14.5 Å². The van der Waals surface area contributed by atoms with Crippen molar-refractivity contribution in [2.24, 2.45) is 0 Å². The van der Waals surface area contributed by atoms with Crippen molar-refractivity contribution in [1.29, 1.82) is 0 Å². The summed E-state index contributed by atoms with van der Waals surface area (Å²) in [6, 6.07) is 20.3. The van der Waals surface area contributed by atoms with Crippen LogP contribution in [-0.4, -0.2) is 34.6 Å². The number of hydrogen-bond donors (Lipinski definition) is 1. The summed E-state index contributed by atoms with van der Waals surface area (Å²) in [5.74, 6) is 1.41. The molecule has 1 aromatic heterocycles. The van der Waals surface area contributed by atoms with Crippen molar-refractivity contribution in [1.82, 2.24) is 9.55 Å². The summed E-state index contributed by atoms with van der Waals surface area (Å²) in [4.78, 5) is 33.1. The van der Waals surface area contributed by atoms with E-state index in [0.29, 0.717) is 42.9 Å². The second kappa shape index (κ2) is 8.47. The molecule has 2 amide bonds. The van der Waals surface area contributed by atoms with E-state index >= 15 is 0 Å². The minimum Gasteiger partial charge on any atom is -0.486 e. The van der Waals surface area contributed by atoms with Gasteiger partial charge in [-0.25, -0.2) is 4.98 Å². The van der Waals surface area contributed by atoms with Gasteiger partial charge in [-0.05, 0) is 36.8 Å². The summed E-state index contributed by atoms with van der Waals surface area (Å²) >= 11 is 0. The van der Waals surface area contributed by atoms with Gasteiger partial charge < -0.3 is 14.8 Å². The summed E-state index contributed by atoms with van der Waals surface area (Å²) < 4.78 is 13.0. The van der Waals surface area contributed by atoms with Crippen molar-refractivity contribution in [2.45, 2.75) is 25.9 Å². The zero-order chi connectivity index (χ0) is 23.9. The summed E-state index contributed by atoms with van der Waals surface area (Å²) in [5, 5.41) is 2.90. The van der Waals surface area contributed by atoms with Gasteiger partial charge in [-0.2, -0.15) is 0 Å². The Hall–Kier alpha value is -4.33. The molecular formula is C27H24N4O4. The van der Waals surface area contributed by atoms with Crippen LogP contribution >= 0.6 is 0 Å². The van der Waals surface area contributed by atoms with E-state index < -0.39 is 6.04 Å². The van der Waals surface area contributed by atoms with Gasteiger partial charge in [0.25, 0.3) is 5.91 Å². The fraction of sp³-hybridized carbons (Fsp3) is 0.222. The van der Waals surface area contributed by atoms with E-state index in [1.807, 2.05) is 54.0 Å². The Morgan fingerprint density at radius 2 is 1.86 bits per heavy atom. The first kappa shape index (κ1) is 21.2. The van der Waals surface area contributed by atoms with Crippen LogP contribution in [0.4, 0.5) is 11.6 Å². The van der Waals surface area contributed by atoms with Gasteiger partial charge in [-0.1, -0.05) is 42.0 Å². The number of ether oxygens (including phenoxy) is 2. The predicted octanol–water partition coefficient (Wildman–Crippen LogP) is 4.23. The van der Waals surface area contributed by atoms with Crippen LogP contribution in [0.1, 0.15) is 23.6 Å². The number of fused-ring (bicyclic) bond motifs is 4. The number of carbonyl (C=O) groups excluding carboxylic acids is 2. The number of anilines is 2. The third-order valence-electron chi connectivity index (χ3n) is 6.31. The lowest BCUT2D eigenvalue weighted by atomic mass is 10.1. The summed E-state index contributed by atoms with van der Waals surface area (Å²) in [6.07, 6.45) is -0.00898. The lowest BCUT2D eigenvalue weighted by Gasteiger charge is -2.19. The van der Waals surface area contributed by atoms with Crippen molar-refractivity contribution in [3.05, 3.63) is 77.9 Å². The van der Waals surface area contributed by atoms with E-state index in [1.165, 1.54) is 0 Å². The molecule has 0 bridgehead atoms. The number of benzene rings is 3. The van der Waals surface area contributed by atoms with Gasteiger partial charge in [0.15, 0.2) is 11.5 Å². The van der Waals surface area contributed by atoms with Crippen LogP contribution in [-0.2, 0) is 16.1 Å². The Labute approximate surface area is 202 Å². The van der Waals surface area contributed by atoms with Gasteiger partial charge in [-0.3, -0.25) is 19.1 Å².